The molecule has 0 spiro atoms. The Hall–Kier alpha value is -1.84. The molecule has 0 saturated carbocycles. The summed E-state index contributed by atoms with van der Waals surface area (Å²) in [6.07, 6.45) is 1.01. The van der Waals surface area contributed by atoms with Crippen molar-refractivity contribution in [3.05, 3.63) is 35.4 Å². The molecule has 1 aromatic rings. The van der Waals surface area contributed by atoms with Crippen molar-refractivity contribution >= 4 is 11.8 Å². The lowest BCUT2D eigenvalue weighted by atomic mass is 9.77. The Morgan fingerprint density at radius 2 is 2.11 bits per heavy atom. The summed E-state index contributed by atoms with van der Waals surface area (Å²) in [5.41, 5.74) is 2.69. The average molecular weight is 244 g/mol. The summed E-state index contributed by atoms with van der Waals surface area (Å²) in [6, 6.07) is 7.96. The lowest BCUT2D eigenvalue weighted by Crippen LogP contribution is -2.58. The second kappa shape index (κ2) is 4.12. The SMILES string of the molecule is CC1C(=O)NCC(=O)N1CC1Cc2ccccc21. The van der Waals surface area contributed by atoms with Crippen molar-refractivity contribution < 1.29 is 9.59 Å². The van der Waals surface area contributed by atoms with Crippen LogP contribution in [0, 0.1) is 0 Å². The van der Waals surface area contributed by atoms with E-state index in [1.165, 1.54) is 11.1 Å². The van der Waals surface area contributed by atoms with Crippen LogP contribution in [0.25, 0.3) is 0 Å². The van der Waals surface area contributed by atoms with E-state index >= 15 is 0 Å². The van der Waals surface area contributed by atoms with Crippen molar-refractivity contribution in [1.82, 2.24) is 10.2 Å². The van der Waals surface area contributed by atoms with E-state index < -0.39 is 0 Å². The number of hydrogen-bond donors (Lipinski definition) is 1. The number of amides is 2. The fourth-order valence-electron chi connectivity index (χ4n) is 2.79. The molecular formula is C14H16N2O2. The van der Waals surface area contributed by atoms with Crippen LogP contribution in [0.3, 0.4) is 0 Å². The molecule has 1 N–H and O–H groups in total. The fourth-order valence-corrected chi connectivity index (χ4v) is 2.79. The number of nitrogens with one attached hydrogen (secondary N) is 1. The first-order valence-corrected chi connectivity index (χ1v) is 6.32. The molecule has 1 aromatic carbocycles. The molecule has 1 fully saturated rings. The minimum atomic E-state index is -0.348. The molecule has 2 aliphatic rings. The normalized spacial score (nSPS) is 26.4. The van der Waals surface area contributed by atoms with Gasteiger partial charge in [-0.25, -0.2) is 0 Å². The van der Waals surface area contributed by atoms with Crippen LogP contribution in [0.4, 0.5) is 0 Å². The van der Waals surface area contributed by atoms with Crippen LogP contribution in [-0.4, -0.2) is 35.8 Å². The maximum Gasteiger partial charge on any atom is 0.242 e. The Morgan fingerprint density at radius 3 is 2.89 bits per heavy atom. The van der Waals surface area contributed by atoms with Crippen LogP contribution < -0.4 is 5.32 Å². The van der Waals surface area contributed by atoms with Gasteiger partial charge >= 0.3 is 0 Å². The Bertz CT molecular complexity index is 512. The van der Waals surface area contributed by atoms with Gasteiger partial charge in [-0.2, -0.15) is 0 Å². The first-order valence-electron chi connectivity index (χ1n) is 6.32. The standard InChI is InChI=1S/C14H16N2O2/c1-9-14(18)15-7-13(17)16(9)8-11-6-10-4-2-3-5-12(10)11/h2-5,9,11H,6-8H2,1H3,(H,15,18). The van der Waals surface area contributed by atoms with Gasteiger partial charge < -0.3 is 10.2 Å². The minimum absolute atomic E-state index is 0.0199. The van der Waals surface area contributed by atoms with Gasteiger partial charge in [0.25, 0.3) is 0 Å². The highest BCUT2D eigenvalue weighted by atomic mass is 16.2. The molecule has 18 heavy (non-hydrogen) atoms. The highest BCUT2D eigenvalue weighted by Crippen LogP contribution is 2.35. The van der Waals surface area contributed by atoms with Gasteiger partial charge in [0.2, 0.25) is 11.8 Å². The van der Waals surface area contributed by atoms with E-state index in [1.54, 1.807) is 11.8 Å². The smallest absolute Gasteiger partial charge is 0.242 e. The molecule has 94 valence electrons. The predicted octanol–water partition coefficient (Wildman–Crippen LogP) is 0.673. The number of rotatable bonds is 2. The second-order valence-electron chi connectivity index (χ2n) is 5.04. The topological polar surface area (TPSA) is 49.4 Å². The van der Waals surface area contributed by atoms with Crippen molar-refractivity contribution in [3.8, 4) is 0 Å². The first-order chi connectivity index (χ1) is 8.66. The van der Waals surface area contributed by atoms with Gasteiger partial charge in [0, 0.05) is 12.5 Å². The van der Waals surface area contributed by atoms with Crippen LogP contribution in [0.2, 0.25) is 0 Å². The minimum Gasteiger partial charge on any atom is -0.345 e. The number of carbonyl (C=O) groups is 2. The monoisotopic (exact) mass is 244 g/mol. The number of fused-ring (bicyclic) bond motifs is 1. The van der Waals surface area contributed by atoms with Gasteiger partial charge in [-0.15, -0.1) is 0 Å². The third kappa shape index (κ3) is 1.68. The van der Waals surface area contributed by atoms with Gasteiger partial charge in [0.15, 0.2) is 0 Å². The second-order valence-corrected chi connectivity index (χ2v) is 5.04. The summed E-state index contributed by atoms with van der Waals surface area (Å²) >= 11 is 0. The third-order valence-electron chi connectivity index (χ3n) is 3.96. The summed E-state index contributed by atoms with van der Waals surface area (Å²) in [5, 5.41) is 2.61. The summed E-state index contributed by atoms with van der Waals surface area (Å²) in [5.74, 6) is 0.354. The summed E-state index contributed by atoms with van der Waals surface area (Å²) in [6.45, 7) is 2.58. The van der Waals surface area contributed by atoms with E-state index in [0.717, 1.165) is 6.42 Å². The lowest BCUT2D eigenvalue weighted by molar-refractivity contribution is -0.145. The number of piperazine rings is 1. The van der Waals surface area contributed by atoms with Crippen molar-refractivity contribution in [2.75, 3.05) is 13.1 Å². The highest BCUT2D eigenvalue weighted by Gasteiger charge is 2.35. The zero-order valence-corrected chi connectivity index (χ0v) is 10.3. The maximum absolute atomic E-state index is 11.8. The molecule has 1 aliphatic heterocycles. The summed E-state index contributed by atoms with van der Waals surface area (Å²) in [7, 11) is 0. The molecule has 0 bridgehead atoms. The molecule has 1 aliphatic carbocycles. The first kappa shape index (κ1) is 11.3. The maximum atomic E-state index is 11.8. The summed E-state index contributed by atoms with van der Waals surface area (Å²) in [4.78, 5) is 25.1. The fraction of sp³-hybridized carbons (Fsp3) is 0.429. The molecule has 2 unspecified atom stereocenters. The van der Waals surface area contributed by atoms with Crippen LogP contribution >= 0.6 is 0 Å². The van der Waals surface area contributed by atoms with E-state index in [9.17, 15) is 9.59 Å². The van der Waals surface area contributed by atoms with Crippen LogP contribution in [0.1, 0.15) is 24.0 Å². The largest absolute Gasteiger partial charge is 0.345 e. The number of carbonyl (C=O) groups excluding carboxylic acids is 2. The predicted molar refractivity (Wildman–Crippen MR) is 67.1 cm³/mol. The molecule has 2 atom stereocenters. The molecule has 0 radical (unpaired) electrons. The van der Waals surface area contributed by atoms with Crippen molar-refractivity contribution in [2.24, 2.45) is 0 Å². The summed E-state index contributed by atoms with van der Waals surface area (Å²) < 4.78 is 0. The van der Waals surface area contributed by atoms with E-state index in [-0.39, 0.29) is 24.4 Å². The Labute approximate surface area is 106 Å². The Kier molecular flexibility index (Phi) is 2.58. The molecule has 0 aromatic heterocycles. The Morgan fingerprint density at radius 1 is 1.33 bits per heavy atom. The zero-order valence-electron chi connectivity index (χ0n) is 10.3. The molecule has 4 heteroatoms. The molecule has 2 amide bonds. The van der Waals surface area contributed by atoms with Gasteiger partial charge in [-0.3, -0.25) is 9.59 Å². The highest BCUT2D eigenvalue weighted by molar-refractivity contribution is 5.94. The molecule has 1 heterocycles. The van der Waals surface area contributed by atoms with Crippen LogP contribution in [0.15, 0.2) is 24.3 Å². The van der Waals surface area contributed by atoms with Gasteiger partial charge in [-0.1, -0.05) is 24.3 Å². The van der Waals surface area contributed by atoms with E-state index in [4.69, 9.17) is 0 Å². The van der Waals surface area contributed by atoms with E-state index in [0.29, 0.717) is 12.5 Å². The Balaban J connectivity index is 1.74. The lowest BCUT2D eigenvalue weighted by Gasteiger charge is -2.39. The zero-order chi connectivity index (χ0) is 12.7. The van der Waals surface area contributed by atoms with E-state index in [1.807, 2.05) is 12.1 Å². The van der Waals surface area contributed by atoms with Gasteiger partial charge in [-0.05, 0) is 24.5 Å². The molecule has 3 rings (SSSR count). The molecular weight excluding hydrogens is 228 g/mol. The van der Waals surface area contributed by atoms with Crippen molar-refractivity contribution in [1.29, 1.82) is 0 Å². The molecule has 1 saturated heterocycles. The van der Waals surface area contributed by atoms with Crippen molar-refractivity contribution in [2.45, 2.75) is 25.3 Å². The average Bonchev–Trinajstić information content (AvgIpc) is 2.35. The van der Waals surface area contributed by atoms with E-state index in [2.05, 4.69) is 17.4 Å². The molecule has 4 nitrogen and oxygen atoms in total. The number of nitrogens with zero attached hydrogens (tertiary/aromatic N) is 1. The van der Waals surface area contributed by atoms with Crippen LogP contribution in [-0.2, 0) is 16.0 Å². The third-order valence-corrected chi connectivity index (χ3v) is 3.96. The quantitative estimate of drug-likeness (QED) is 0.831. The van der Waals surface area contributed by atoms with Crippen molar-refractivity contribution in [3.63, 3.8) is 0 Å². The number of hydrogen-bond acceptors (Lipinski definition) is 2. The number of benzene rings is 1. The van der Waals surface area contributed by atoms with Crippen LogP contribution in [0.5, 0.6) is 0 Å². The van der Waals surface area contributed by atoms with Gasteiger partial charge in [0.05, 0.1) is 6.54 Å². The van der Waals surface area contributed by atoms with Gasteiger partial charge in [0.1, 0.15) is 6.04 Å².